The number of fused-ring (bicyclic) bond motifs is 3. The molecule has 0 saturated carbocycles. The quantitative estimate of drug-likeness (QED) is 0.212. The average Bonchev–Trinajstić information content (AvgIpc) is 3.69. The number of pyridine rings is 1. The average molecular weight is 800 g/mol. The highest BCUT2D eigenvalue weighted by atomic mass is 19.4. The zero-order valence-corrected chi connectivity index (χ0v) is 33.2. The van der Waals surface area contributed by atoms with E-state index in [-0.39, 0.29) is 47.6 Å². The number of piperazine rings is 1. The summed E-state index contributed by atoms with van der Waals surface area (Å²) in [4.78, 5) is 54.3. The van der Waals surface area contributed by atoms with E-state index in [0.717, 1.165) is 18.9 Å². The van der Waals surface area contributed by atoms with Crippen LogP contribution in [0.2, 0.25) is 0 Å². The molecule has 4 aromatic rings. The lowest BCUT2D eigenvalue weighted by atomic mass is 9.90. The van der Waals surface area contributed by atoms with E-state index in [0.29, 0.717) is 79.7 Å². The summed E-state index contributed by atoms with van der Waals surface area (Å²) in [5.74, 6) is -0.262. The number of carbonyl (C=O) groups is 2. The molecule has 8 rings (SSSR count). The molecule has 0 unspecified atom stereocenters. The van der Waals surface area contributed by atoms with Crippen LogP contribution in [-0.2, 0) is 36.0 Å². The van der Waals surface area contributed by atoms with Gasteiger partial charge in [-0.15, -0.1) is 0 Å². The van der Waals surface area contributed by atoms with Crippen LogP contribution in [0.25, 0.3) is 11.3 Å². The van der Waals surface area contributed by atoms with Crippen molar-refractivity contribution in [3.8, 4) is 11.3 Å². The molecule has 0 spiro atoms. The smallest absolute Gasteiger partial charge is 0.381 e. The highest BCUT2D eigenvalue weighted by molar-refractivity contribution is 6.06. The van der Waals surface area contributed by atoms with Gasteiger partial charge in [0, 0.05) is 93.9 Å². The molecule has 58 heavy (non-hydrogen) atoms. The largest absolute Gasteiger partial charge is 0.409 e. The molecule has 0 bridgehead atoms. The third-order valence-electron chi connectivity index (χ3n) is 11.9. The molecule has 2 N–H and O–H groups in total. The number of hydrogen-bond donors (Lipinski definition) is 2. The molecule has 3 aliphatic heterocycles. The van der Waals surface area contributed by atoms with Gasteiger partial charge in [0.1, 0.15) is 17.6 Å². The summed E-state index contributed by atoms with van der Waals surface area (Å²) < 4.78 is 53.1. The van der Waals surface area contributed by atoms with E-state index in [1.165, 1.54) is 32.9 Å². The van der Waals surface area contributed by atoms with Crippen LogP contribution >= 0.6 is 0 Å². The maximum Gasteiger partial charge on any atom is 0.409 e. The third-order valence-corrected chi connectivity index (χ3v) is 11.9. The van der Waals surface area contributed by atoms with Crippen LogP contribution in [0.4, 0.5) is 41.9 Å². The molecule has 4 aliphatic rings. The molecular weight excluding hydrogens is 752 g/mol. The number of anilines is 5. The molecular formula is C42H48F3N9O4. The molecule has 13 nitrogen and oxygen atoms in total. The van der Waals surface area contributed by atoms with E-state index in [1.807, 2.05) is 17.9 Å². The molecule has 3 aromatic heterocycles. The van der Waals surface area contributed by atoms with E-state index in [2.05, 4.69) is 40.6 Å². The lowest BCUT2D eigenvalue weighted by Crippen LogP contribution is -2.61. The van der Waals surface area contributed by atoms with Gasteiger partial charge in [0.25, 0.3) is 11.5 Å². The van der Waals surface area contributed by atoms with Gasteiger partial charge in [-0.1, -0.05) is 20.4 Å². The summed E-state index contributed by atoms with van der Waals surface area (Å²) in [6, 6.07) is 6.56. The molecule has 6 heterocycles. The van der Waals surface area contributed by atoms with Gasteiger partial charge in [-0.3, -0.25) is 24.2 Å². The van der Waals surface area contributed by atoms with Gasteiger partial charge in [0.2, 0.25) is 5.91 Å². The Hall–Kier alpha value is -5.48. The van der Waals surface area contributed by atoms with Gasteiger partial charge >= 0.3 is 6.18 Å². The Bertz CT molecular complexity index is 2350. The van der Waals surface area contributed by atoms with Crippen molar-refractivity contribution in [2.45, 2.75) is 71.3 Å². The Labute approximate surface area is 334 Å². The van der Waals surface area contributed by atoms with Crippen molar-refractivity contribution >= 4 is 40.5 Å². The molecule has 2 amide bonds. The maximum absolute atomic E-state index is 14.7. The number of rotatable bonds is 8. The van der Waals surface area contributed by atoms with E-state index < -0.39 is 23.7 Å². The van der Waals surface area contributed by atoms with Crippen molar-refractivity contribution in [3.63, 3.8) is 0 Å². The Morgan fingerprint density at radius 1 is 1.05 bits per heavy atom. The number of nitrogens with zero attached hydrogens (tertiary/aromatic N) is 7. The van der Waals surface area contributed by atoms with Crippen molar-refractivity contribution < 1.29 is 27.5 Å². The number of aromatic nitrogens is 4. The van der Waals surface area contributed by atoms with E-state index in [4.69, 9.17) is 9.72 Å². The molecule has 2 saturated heterocycles. The maximum atomic E-state index is 14.7. The normalized spacial score (nSPS) is 19.8. The van der Waals surface area contributed by atoms with Crippen LogP contribution in [0.1, 0.15) is 54.0 Å². The number of nitrogens with one attached hydrogen (secondary N) is 2. The minimum absolute atomic E-state index is 0.00886. The van der Waals surface area contributed by atoms with Crippen LogP contribution < -0.4 is 26.0 Å². The summed E-state index contributed by atoms with van der Waals surface area (Å²) >= 11 is 0. The Balaban J connectivity index is 1.08. The second-order valence-electron chi connectivity index (χ2n) is 16.5. The van der Waals surface area contributed by atoms with Crippen LogP contribution in [-0.4, -0.2) is 93.5 Å². The minimum Gasteiger partial charge on any atom is -0.381 e. The highest BCUT2D eigenvalue weighted by Gasteiger charge is 2.48. The van der Waals surface area contributed by atoms with Crippen molar-refractivity contribution in [2.24, 2.45) is 12.5 Å². The lowest BCUT2D eigenvalue weighted by molar-refractivity contribution is -0.159. The molecule has 1 atom stereocenters. The van der Waals surface area contributed by atoms with Gasteiger partial charge in [-0.05, 0) is 80.0 Å². The molecule has 2 fully saturated rings. The van der Waals surface area contributed by atoms with Crippen LogP contribution in [0, 0.1) is 12.3 Å². The molecule has 1 aromatic carbocycles. The number of halogens is 3. The Morgan fingerprint density at radius 2 is 1.83 bits per heavy atom. The fraction of sp³-hybridized carbons (Fsp3) is 0.452. The van der Waals surface area contributed by atoms with Crippen molar-refractivity contribution in [1.29, 1.82) is 0 Å². The topological polar surface area (TPSA) is 130 Å². The van der Waals surface area contributed by atoms with E-state index >= 15 is 0 Å². The zero-order chi connectivity index (χ0) is 41.1. The molecule has 0 radical (unpaired) electrons. The van der Waals surface area contributed by atoms with Gasteiger partial charge < -0.3 is 29.4 Å². The van der Waals surface area contributed by atoms with Gasteiger partial charge in [0.05, 0.1) is 17.1 Å². The minimum atomic E-state index is -4.55. The predicted octanol–water partition coefficient (Wildman–Crippen LogP) is 5.84. The molecule has 1 aliphatic carbocycles. The Kier molecular flexibility index (Phi) is 10.2. The van der Waals surface area contributed by atoms with Crippen molar-refractivity contribution in [2.75, 3.05) is 59.8 Å². The summed E-state index contributed by atoms with van der Waals surface area (Å²) in [6.07, 6.45) is 2.93. The second-order valence-corrected chi connectivity index (χ2v) is 16.5. The first-order chi connectivity index (χ1) is 27.6. The predicted molar refractivity (Wildman–Crippen MR) is 216 cm³/mol. The molecule has 306 valence electrons. The van der Waals surface area contributed by atoms with E-state index in [9.17, 15) is 27.6 Å². The third kappa shape index (κ3) is 7.39. The number of alkyl halides is 3. The number of aryl methyl sites for hydroxylation is 1. The number of carbonyl (C=O) groups excluding carboxylic acids is 2. The number of ether oxygens (including phenoxy) is 1. The van der Waals surface area contributed by atoms with Gasteiger partial charge in [0.15, 0.2) is 5.82 Å². The fourth-order valence-electron chi connectivity index (χ4n) is 9.04. The number of amides is 2. The standard InChI is InChI=1S/C42H48F3N9O4/c1-6-36(55)48-30-20-27(7-8-32(30)53-14-13-51(24-35(53)42(43,44)45)28-10-17-58-18-11-28)47-37-40(57)50(5)23-31(49-37)29-9-12-46-38(25(29)2)54-16-15-52-33(39(54)56)19-26-21-41(3,4)22-34(26)52/h6-9,12,19-20,23,28,35H,1,10-11,13-18,21-22,24H2,2-5H3,(H,47,49)(H,48,55)/t35-/m0/s1. The summed E-state index contributed by atoms with van der Waals surface area (Å²) in [7, 11) is 1.59. The zero-order valence-electron chi connectivity index (χ0n) is 33.2. The monoisotopic (exact) mass is 799 g/mol. The van der Waals surface area contributed by atoms with Crippen molar-refractivity contribution in [1.82, 2.24) is 24.0 Å². The number of hydrogen-bond acceptors (Lipinski definition) is 9. The van der Waals surface area contributed by atoms with Gasteiger partial charge in [-0.2, -0.15) is 13.2 Å². The van der Waals surface area contributed by atoms with Crippen LogP contribution in [0.3, 0.4) is 0 Å². The second kappa shape index (κ2) is 15.0. The van der Waals surface area contributed by atoms with Crippen molar-refractivity contribution in [3.05, 3.63) is 88.2 Å². The first-order valence-corrected chi connectivity index (χ1v) is 19.7. The van der Waals surface area contributed by atoms with Gasteiger partial charge in [-0.25, -0.2) is 9.97 Å². The Morgan fingerprint density at radius 3 is 2.57 bits per heavy atom. The number of benzene rings is 1. The lowest BCUT2D eigenvalue weighted by Gasteiger charge is -2.47. The van der Waals surface area contributed by atoms with Crippen LogP contribution in [0.15, 0.2) is 60.2 Å². The summed E-state index contributed by atoms with van der Waals surface area (Å²) in [6.45, 7) is 12.3. The fourth-order valence-corrected chi connectivity index (χ4v) is 9.04. The summed E-state index contributed by atoms with van der Waals surface area (Å²) in [5.41, 5.74) is 5.27. The molecule has 16 heteroatoms. The SMILES string of the molecule is C=CC(=O)Nc1cc(Nc2nc(-c3ccnc(N4CCn5c(cc6c5CC(C)(C)C6)C4=O)c3C)cn(C)c2=O)ccc1N1CCN(C2CCOCC2)C[C@H]1C(F)(F)F. The van der Waals surface area contributed by atoms with Crippen LogP contribution in [0.5, 0.6) is 0 Å². The summed E-state index contributed by atoms with van der Waals surface area (Å²) in [5, 5.41) is 5.73. The van der Waals surface area contributed by atoms with E-state index in [1.54, 1.807) is 36.5 Å². The highest BCUT2D eigenvalue weighted by Crippen LogP contribution is 2.41. The first-order valence-electron chi connectivity index (χ1n) is 19.7. The first kappa shape index (κ1) is 39.4.